The van der Waals surface area contributed by atoms with Crippen LogP contribution in [0.5, 0.6) is 0 Å². The highest BCUT2D eigenvalue weighted by Crippen LogP contribution is 2.27. The van der Waals surface area contributed by atoms with Crippen LogP contribution in [0.3, 0.4) is 0 Å². The van der Waals surface area contributed by atoms with Crippen LogP contribution in [0.2, 0.25) is 0 Å². The predicted molar refractivity (Wildman–Crippen MR) is 92.5 cm³/mol. The van der Waals surface area contributed by atoms with Crippen molar-refractivity contribution in [3.05, 3.63) is 24.0 Å². The summed E-state index contributed by atoms with van der Waals surface area (Å²) in [7, 11) is 0. The number of amides is 1. The second kappa shape index (κ2) is 6.34. The molecule has 0 radical (unpaired) electrons. The summed E-state index contributed by atoms with van der Waals surface area (Å²) >= 11 is 0. The lowest BCUT2D eigenvalue weighted by Crippen LogP contribution is -2.24. The SMILES string of the molecule is O=C(Nc1ccc2c(c1)nc1n2CCCCC1)C1CCCCC1. The topological polar surface area (TPSA) is 46.9 Å². The number of aryl methyl sites for hydroxylation is 2. The molecule has 23 heavy (non-hydrogen) atoms. The highest BCUT2D eigenvalue weighted by atomic mass is 16.1. The lowest BCUT2D eigenvalue weighted by atomic mass is 9.88. The van der Waals surface area contributed by atoms with E-state index in [4.69, 9.17) is 4.98 Å². The van der Waals surface area contributed by atoms with Crippen molar-refractivity contribution in [1.29, 1.82) is 0 Å². The molecule has 0 atom stereocenters. The summed E-state index contributed by atoms with van der Waals surface area (Å²) in [6.45, 7) is 1.07. The number of benzene rings is 1. The molecule has 1 aliphatic heterocycles. The Morgan fingerprint density at radius 2 is 1.91 bits per heavy atom. The number of anilines is 1. The van der Waals surface area contributed by atoms with Crippen LogP contribution in [0, 0.1) is 5.92 Å². The zero-order valence-corrected chi connectivity index (χ0v) is 13.7. The molecule has 1 saturated carbocycles. The van der Waals surface area contributed by atoms with Crippen LogP contribution in [-0.4, -0.2) is 15.5 Å². The molecule has 0 unspecified atom stereocenters. The average molecular weight is 311 g/mol. The van der Waals surface area contributed by atoms with Crippen LogP contribution in [0.1, 0.15) is 57.2 Å². The van der Waals surface area contributed by atoms with Crippen molar-refractivity contribution >= 4 is 22.6 Å². The normalized spacial score (nSPS) is 19.3. The van der Waals surface area contributed by atoms with E-state index in [1.807, 2.05) is 12.1 Å². The first kappa shape index (κ1) is 14.7. The number of fused-ring (bicyclic) bond motifs is 3. The van der Waals surface area contributed by atoms with E-state index in [9.17, 15) is 4.79 Å². The maximum Gasteiger partial charge on any atom is 0.227 e. The molecule has 1 aliphatic carbocycles. The Morgan fingerprint density at radius 1 is 1.09 bits per heavy atom. The molecular formula is C19H25N3O. The van der Waals surface area contributed by atoms with Crippen molar-refractivity contribution in [1.82, 2.24) is 9.55 Å². The van der Waals surface area contributed by atoms with E-state index in [-0.39, 0.29) is 11.8 Å². The van der Waals surface area contributed by atoms with Crippen molar-refractivity contribution < 1.29 is 4.79 Å². The summed E-state index contributed by atoms with van der Waals surface area (Å²) in [4.78, 5) is 17.2. The fourth-order valence-electron chi connectivity index (χ4n) is 4.04. The molecule has 4 rings (SSSR count). The molecule has 2 aromatic rings. The van der Waals surface area contributed by atoms with Gasteiger partial charge in [0.05, 0.1) is 11.0 Å². The third-order valence-corrected chi connectivity index (χ3v) is 5.35. The smallest absolute Gasteiger partial charge is 0.227 e. The number of carbonyl (C=O) groups excluding carboxylic acids is 1. The largest absolute Gasteiger partial charge is 0.328 e. The molecule has 2 aliphatic rings. The second-order valence-electron chi connectivity index (χ2n) is 7.02. The molecular weight excluding hydrogens is 286 g/mol. The molecule has 2 heterocycles. The lowest BCUT2D eigenvalue weighted by Gasteiger charge is -2.20. The van der Waals surface area contributed by atoms with Crippen molar-refractivity contribution in [3.63, 3.8) is 0 Å². The molecule has 1 N–H and O–H groups in total. The van der Waals surface area contributed by atoms with Gasteiger partial charge in [-0.05, 0) is 43.9 Å². The van der Waals surface area contributed by atoms with E-state index in [0.717, 1.165) is 37.0 Å². The summed E-state index contributed by atoms with van der Waals surface area (Å²) in [5.74, 6) is 1.58. The molecule has 4 nitrogen and oxygen atoms in total. The Balaban J connectivity index is 1.55. The summed E-state index contributed by atoms with van der Waals surface area (Å²) in [6.07, 6.45) is 10.5. The number of rotatable bonds is 2. The van der Waals surface area contributed by atoms with Crippen LogP contribution in [0.15, 0.2) is 18.2 Å². The van der Waals surface area contributed by atoms with Crippen molar-refractivity contribution in [2.45, 2.75) is 64.3 Å². The summed E-state index contributed by atoms with van der Waals surface area (Å²) in [5.41, 5.74) is 3.11. The fraction of sp³-hybridized carbons (Fsp3) is 0.579. The Labute approximate surface area is 137 Å². The second-order valence-corrected chi connectivity index (χ2v) is 7.02. The lowest BCUT2D eigenvalue weighted by molar-refractivity contribution is -0.120. The Morgan fingerprint density at radius 3 is 2.78 bits per heavy atom. The van der Waals surface area contributed by atoms with Crippen molar-refractivity contribution in [2.75, 3.05) is 5.32 Å². The van der Waals surface area contributed by atoms with Crippen LogP contribution < -0.4 is 5.32 Å². The van der Waals surface area contributed by atoms with E-state index < -0.39 is 0 Å². The average Bonchev–Trinajstić information content (AvgIpc) is 2.76. The number of imidazole rings is 1. The first-order chi connectivity index (χ1) is 11.3. The maximum atomic E-state index is 12.4. The van der Waals surface area contributed by atoms with Gasteiger partial charge in [-0.15, -0.1) is 0 Å². The molecule has 1 fully saturated rings. The monoisotopic (exact) mass is 311 g/mol. The number of hydrogen-bond donors (Lipinski definition) is 1. The maximum absolute atomic E-state index is 12.4. The van der Waals surface area contributed by atoms with E-state index in [2.05, 4.69) is 16.0 Å². The van der Waals surface area contributed by atoms with Gasteiger partial charge in [-0.25, -0.2) is 4.98 Å². The van der Waals surface area contributed by atoms with Gasteiger partial charge in [0, 0.05) is 24.6 Å². The van der Waals surface area contributed by atoms with E-state index >= 15 is 0 Å². The molecule has 4 heteroatoms. The van der Waals surface area contributed by atoms with Gasteiger partial charge in [0.2, 0.25) is 5.91 Å². The Bertz CT molecular complexity index is 713. The van der Waals surface area contributed by atoms with Crippen molar-refractivity contribution in [3.8, 4) is 0 Å². The van der Waals surface area contributed by atoms with Crippen LogP contribution in [0.25, 0.3) is 11.0 Å². The van der Waals surface area contributed by atoms with Crippen LogP contribution in [-0.2, 0) is 17.8 Å². The zero-order valence-electron chi connectivity index (χ0n) is 13.7. The van der Waals surface area contributed by atoms with Crippen LogP contribution in [0.4, 0.5) is 5.69 Å². The molecule has 1 amide bonds. The van der Waals surface area contributed by atoms with Gasteiger partial charge in [-0.1, -0.05) is 25.7 Å². The first-order valence-corrected chi connectivity index (χ1v) is 9.11. The van der Waals surface area contributed by atoms with Gasteiger partial charge in [0.25, 0.3) is 0 Å². The third kappa shape index (κ3) is 2.99. The highest BCUT2D eigenvalue weighted by Gasteiger charge is 2.21. The standard InChI is InChI=1S/C19H25N3O/c23-19(14-7-3-1-4-8-14)20-15-10-11-17-16(13-15)21-18-9-5-2-6-12-22(17)18/h10-11,13-14H,1-9,12H2,(H,20,23). The molecule has 0 saturated heterocycles. The number of hydrogen-bond acceptors (Lipinski definition) is 2. The quantitative estimate of drug-likeness (QED) is 0.899. The summed E-state index contributed by atoms with van der Waals surface area (Å²) in [5, 5.41) is 3.11. The molecule has 0 spiro atoms. The van der Waals surface area contributed by atoms with E-state index in [1.165, 1.54) is 49.9 Å². The van der Waals surface area contributed by atoms with Gasteiger partial charge in [-0.3, -0.25) is 4.79 Å². The van der Waals surface area contributed by atoms with Gasteiger partial charge >= 0.3 is 0 Å². The van der Waals surface area contributed by atoms with Crippen molar-refractivity contribution in [2.24, 2.45) is 5.92 Å². The highest BCUT2D eigenvalue weighted by molar-refractivity contribution is 5.94. The van der Waals surface area contributed by atoms with Gasteiger partial charge in [-0.2, -0.15) is 0 Å². The Hall–Kier alpha value is -1.84. The van der Waals surface area contributed by atoms with Gasteiger partial charge < -0.3 is 9.88 Å². The zero-order chi connectivity index (χ0) is 15.6. The van der Waals surface area contributed by atoms with Gasteiger partial charge in [0.1, 0.15) is 5.82 Å². The molecule has 0 bridgehead atoms. The van der Waals surface area contributed by atoms with E-state index in [0.29, 0.717) is 0 Å². The minimum absolute atomic E-state index is 0.185. The minimum atomic E-state index is 0.185. The van der Waals surface area contributed by atoms with E-state index in [1.54, 1.807) is 0 Å². The predicted octanol–water partition coefficient (Wildman–Crippen LogP) is 4.28. The molecule has 122 valence electrons. The van der Waals surface area contributed by atoms with Crippen LogP contribution >= 0.6 is 0 Å². The Kier molecular flexibility index (Phi) is 4.06. The summed E-state index contributed by atoms with van der Waals surface area (Å²) in [6, 6.07) is 6.19. The number of nitrogens with one attached hydrogen (secondary N) is 1. The molecule has 1 aromatic heterocycles. The fourth-order valence-corrected chi connectivity index (χ4v) is 4.04. The number of nitrogens with zero attached hydrogens (tertiary/aromatic N) is 2. The number of carbonyl (C=O) groups is 1. The summed E-state index contributed by atoms with van der Waals surface area (Å²) < 4.78 is 2.36. The minimum Gasteiger partial charge on any atom is -0.328 e. The number of aromatic nitrogens is 2. The van der Waals surface area contributed by atoms with Gasteiger partial charge in [0.15, 0.2) is 0 Å². The molecule has 1 aromatic carbocycles. The third-order valence-electron chi connectivity index (χ3n) is 5.35. The first-order valence-electron chi connectivity index (χ1n) is 9.11.